The third kappa shape index (κ3) is 4.98. The van der Waals surface area contributed by atoms with E-state index in [1.54, 1.807) is 46.7 Å². The minimum absolute atomic E-state index is 0.0819. The molecule has 0 unspecified atom stereocenters. The zero-order valence-electron chi connectivity index (χ0n) is 17.0. The second kappa shape index (κ2) is 10.2. The van der Waals surface area contributed by atoms with Gasteiger partial charge >= 0.3 is 0 Å². The van der Waals surface area contributed by atoms with Gasteiger partial charge in [0, 0.05) is 16.1 Å². The van der Waals surface area contributed by atoms with Crippen LogP contribution >= 0.6 is 35.1 Å². The average Bonchev–Trinajstić information content (AvgIpc) is 3.22. The average molecular weight is 485 g/mol. The van der Waals surface area contributed by atoms with Gasteiger partial charge < -0.3 is 5.32 Å². The number of halogens is 2. The molecule has 0 aliphatic carbocycles. The molecule has 0 saturated heterocycles. The molecule has 1 N–H and O–H groups in total. The Morgan fingerprint density at radius 1 is 1.06 bits per heavy atom. The van der Waals surface area contributed by atoms with E-state index >= 15 is 0 Å². The third-order valence-electron chi connectivity index (χ3n) is 4.53. The highest BCUT2D eigenvalue weighted by molar-refractivity contribution is 7.99. The van der Waals surface area contributed by atoms with E-state index in [9.17, 15) is 9.18 Å². The predicted molar refractivity (Wildman–Crippen MR) is 129 cm³/mol. The monoisotopic (exact) mass is 484 g/mol. The van der Waals surface area contributed by atoms with Crippen molar-refractivity contribution in [3.63, 3.8) is 0 Å². The van der Waals surface area contributed by atoms with Gasteiger partial charge in [-0.2, -0.15) is 0 Å². The number of aromatic nitrogens is 3. The second-order valence-corrected chi connectivity index (χ2v) is 8.87. The van der Waals surface area contributed by atoms with Crippen LogP contribution in [0, 0.1) is 5.82 Å². The molecule has 162 valence electrons. The van der Waals surface area contributed by atoms with Crippen LogP contribution in [0.5, 0.6) is 0 Å². The van der Waals surface area contributed by atoms with Gasteiger partial charge in [-0.3, -0.25) is 9.36 Å². The van der Waals surface area contributed by atoms with Crippen molar-refractivity contribution >= 4 is 46.7 Å². The summed E-state index contributed by atoms with van der Waals surface area (Å²) in [4.78, 5) is 13.6. The molecule has 0 aliphatic rings. The smallest absolute Gasteiger partial charge is 0.234 e. The largest absolute Gasteiger partial charge is 0.325 e. The van der Waals surface area contributed by atoms with Gasteiger partial charge in [0.05, 0.1) is 16.5 Å². The Kier molecular flexibility index (Phi) is 7.14. The second-order valence-electron chi connectivity index (χ2n) is 6.64. The van der Waals surface area contributed by atoms with Crippen LogP contribution in [0.2, 0.25) is 5.02 Å². The lowest BCUT2D eigenvalue weighted by molar-refractivity contribution is -0.113. The highest BCUT2D eigenvalue weighted by Gasteiger charge is 2.20. The summed E-state index contributed by atoms with van der Waals surface area (Å²) in [5.74, 6) is -0.147. The van der Waals surface area contributed by atoms with E-state index in [4.69, 9.17) is 11.6 Å². The number of benzene rings is 3. The predicted octanol–water partition coefficient (Wildman–Crippen LogP) is 6.18. The number of rotatable bonds is 7. The number of hydrogen-bond donors (Lipinski definition) is 1. The van der Waals surface area contributed by atoms with Gasteiger partial charge in [-0.05, 0) is 48.7 Å². The number of amides is 1. The maximum Gasteiger partial charge on any atom is 0.234 e. The zero-order valence-corrected chi connectivity index (χ0v) is 19.3. The van der Waals surface area contributed by atoms with Crippen LogP contribution in [0.1, 0.15) is 0 Å². The molecule has 1 heterocycles. The first-order chi connectivity index (χ1) is 15.6. The van der Waals surface area contributed by atoms with Gasteiger partial charge in [0.2, 0.25) is 5.91 Å². The van der Waals surface area contributed by atoms with E-state index < -0.39 is 5.82 Å². The summed E-state index contributed by atoms with van der Waals surface area (Å²) in [7, 11) is 0. The maximum absolute atomic E-state index is 14.7. The van der Waals surface area contributed by atoms with Crippen molar-refractivity contribution in [3.05, 3.63) is 83.6 Å². The summed E-state index contributed by atoms with van der Waals surface area (Å²) in [5.41, 5.74) is 1.62. The van der Waals surface area contributed by atoms with Gasteiger partial charge in [0.25, 0.3) is 0 Å². The van der Waals surface area contributed by atoms with E-state index in [1.165, 1.54) is 17.8 Å². The molecule has 1 aromatic heterocycles. The van der Waals surface area contributed by atoms with Gasteiger partial charge in [0.15, 0.2) is 11.0 Å². The van der Waals surface area contributed by atoms with E-state index in [1.807, 2.05) is 42.7 Å². The standard InChI is InChI=1S/C23H18ClFN4OS2/c1-31-16-8-6-7-15(13-16)26-21(30)14-32-23-28-27-22(17-9-2-3-10-18(17)24)29(23)20-12-5-4-11-19(20)25/h2-13H,14H2,1H3,(H,26,30). The van der Waals surface area contributed by atoms with E-state index in [0.717, 1.165) is 10.6 Å². The van der Waals surface area contributed by atoms with Crippen molar-refractivity contribution in [1.82, 2.24) is 14.8 Å². The van der Waals surface area contributed by atoms with Gasteiger partial charge in [-0.1, -0.05) is 53.7 Å². The van der Waals surface area contributed by atoms with Crippen LogP contribution in [0.4, 0.5) is 10.1 Å². The molecule has 3 aromatic carbocycles. The highest BCUT2D eigenvalue weighted by Crippen LogP contribution is 2.32. The van der Waals surface area contributed by atoms with Gasteiger partial charge in [-0.15, -0.1) is 22.0 Å². The Bertz CT molecular complexity index is 1260. The molecule has 1 amide bonds. The Morgan fingerprint density at radius 3 is 2.62 bits per heavy atom. The Labute approximate surface area is 198 Å². The van der Waals surface area contributed by atoms with Gasteiger partial charge in [-0.25, -0.2) is 4.39 Å². The first-order valence-corrected chi connectivity index (χ1v) is 12.2. The van der Waals surface area contributed by atoms with Crippen molar-refractivity contribution in [2.24, 2.45) is 0 Å². The molecule has 0 saturated carbocycles. The summed E-state index contributed by atoms with van der Waals surface area (Å²) >= 11 is 9.13. The summed E-state index contributed by atoms with van der Waals surface area (Å²) in [6.45, 7) is 0. The minimum atomic E-state index is -0.430. The number of carbonyl (C=O) groups is 1. The Balaban J connectivity index is 1.62. The molecule has 0 spiro atoms. The van der Waals surface area contributed by atoms with Crippen LogP contribution in [-0.4, -0.2) is 32.7 Å². The number of thioether (sulfide) groups is 2. The van der Waals surface area contributed by atoms with Crippen LogP contribution < -0.4 is 5.32 Å². The number of para-hydroxylation sites is 1. The fourth-order valence-corrected chi connectivity index (χ4v) is 4.48. The molecule has 0 aliphatic heterocycles. The Hall–Kier alpha value is -2.81. The number of hydrogen-bond acceptors (Lipinski definition) is 5. The zero-order chi connectivity index (χ0) is 22.5. The molecule has 0 fully saturated rings. The first-order valence-electron chi connectivity index (χ1n) is 9.58. The van der Waals surface area contributed by atoms with Crippen LogP contribution in [0.3, 0.4) is 0 Å². The van der Waals surface area contributed by atoms with Crippen molar-refractivity contribution < 1.29 is 9.18 Å². The molecule has 32 heavy (non-hydrogen) atoms. The first kappa shape index (κ1) is 22.4. The molecule has 0 radical (unpaired) electrons. The third-order valence-corrected chi connectivity index (χ3v) is 6.51. The number of nitrogens with one attached hydrogen (secondary N) is 1. The van der Waals surface area contributed by atoms with Crippen LogP contribution in [-0.2, 0) is 4.79 Å². The molecule has 0 atom stereocenters. The summed E-state index contributed by atoms with van der Waals surface area (Å²) in [6.07, 6.45) is 1.98. The van der Waals surface area contributed by atoms with E-state index in [2.05, 4.69) is 15.5 Å². The molecular weight excluding hydrogens is 467 g/mol. The SMILES string of the molecule is CSc1cccc(NC(=O)CSc2nnc(-c3ccccc3Cl)n2-c2ccccc2F)c1. The normalized spacial score (nSPS) is 10.8. The topological polar surface area (TPSA) is 59.8 Å². The lowest BCUT2D eigenvalue weighted by atomic mass is 10.2. The number of nitrogens with zero attached hydrogens (tertiary/aromatic N) is 3. The summed E-state index contributed by atoms with van der Waals surface area (Å²) in [5, 5.41) is 12.2. The molecule has 9 heteroatoms. The quantitative estimate of drug-likeness (QED) is 0.317. The highest BCUT2D eigenvalue weighted by atomic mass is 35.5. The number of carbonyl (C=O) groups excluding carboxylic acids is 1. The van der Waals surface area contributed by atoms with Gasteiger partial charge in [0.1, 0.15) is 5.82 Å². The summed E-state index contributed by atoms with van der Waals surface area (Å²) in [6, 6.07) is 21.1. The Morgan fingerprint density at radius 2 is 1.84 bits per heavy atom. The maximum atomic E-state index is 14.7. The lowest BCUT2D eigenvalue weighted by Gasteiger charge is -2.12. The fraction of sp³-hybridized carbons (Fsp3) is 0.0870. The van der Waals surface area contributed by atoms with Crippen molar-refractivity contribution in [1.29, 1.82) is 0 Å². The van der Waals surface area contributed by atoms with Crippen molar-refractivity contribution in [2.45, 2.75) is 10.1 Å². The molecule has 4 rings (SSSR count). The lowest BCUT2D eigenvalue weighted by Crippen LogP contribution is -2.14. The van der Waals surface area contributed by atoms with Crippen molar-refractivity contribution in [3.8, 4) is 17.1 Å². The fourth-order valence-electron chi connectivity index (χ4n) is 3.06. The van der Waals surface area contributed by atoms with Crippen molar-refractivity contribution in [2.75, 3.05) is 17.3 Å². The molecule has 4 aromatic rings. The molecule has 0 bridgehead atoms. The summed E-state index contributed by atoms with van der Waals surface area (Å²) < 4.78 is 16.3. The van der Waals surface area contributed by atoms with Crippen LogP contribution in [0.25, 0.3) is 17.1 Å². The van der Waals surface area contributed by atoms with E-state index in [-0.39, 0.29) is 17.3 Å². The van der Waals surface area contributed by atoms with E-state index in [0.29, 0.717) is 21.6 Å². The molecule has 5 nitrogen and oxygen atoms in total. The number of anilines is 1. The molecular formula is C23H18ClFN4OS2. The van der Waals surface area contributed by atoms with Crippen LogP contribution in [0.15, 0.2) is 82.8 Å². The minimum Gasteiger partial charge on any atom is -0.325 e.